The molecule has 1 fully saturated rings. The molecule has 0 aromatic heterocycles. The number of benzene rings is 3. The summed E-state index contributed by atoms with van der Waals surface area (Å²) in [5.41, 5.74) is 7.01. The lowest BCUT2D eigenvalue weighted by atomic mass is 9.99. The topological polar surface area (TPSA) is 43.0 Å². The molecule has 1 saturated heterocycles. The van der Waals surface area contributed by atoms with Crippen molar-refractivity contribution in [1.29, 1.82) is 0 Å². The number of nitrogens with one attached hydrogen (secondary N) is 1. The highest BCUT2D eigenvalue weighted by Crippen LogP contribution is 2.29. The van der Waals surface area contributed by atoms with Gasteiger partial charge in [0.2, 0.25) is 0 Å². The van der Waals surface area contributed by atoms with Crippen LogP contribution >= 0.6 is 0 Å². The molecule has 3 aromatic rings. The third-order valence-electron chi connectivity index (χ3n) is 5.63. The Morgan fingerprint density at radius 2 is 1.41 bits per heavy atom. The minimum absolute atomic E-state index is 0.000533. The molecule has 0 bridgehead atoms. The summed E-state index contributed by atoms with van der Waals surface area (Å²) in [6.07, 6.45) is 0.169. The Labute approximate surface area is 190 Å². The molecule has 0 aliphatic carbocycles. The van der Waals surface area contributed by atoms with Gasteiger partial charge in [0.25, 0.3) is 0 Å². The fourth-order valence-electron chi connectivity index (χ4n) is 4.10. The van der Waals surface area contributed by atoms with Gasteiger partial charge in [0.15, 0.2) is 6.29 Å². The van der Waals surface area contributed by atoms with E-state index in [1.165, 1.54) is 0 Å². The highest BCUT2D eigenvalue weighted by Gasteiger charge is 2.39. The summed E-state index contributed by atoms with van der Waals surface area (Å²) >= 11 is 0. The second kappa shape index (κ2) is 11.2. The van der Waals surface area contributed by atoms with E-state index in [9.17, 15) is 0 Å². The summed E-state index contributed by atoms with van der Waals surface area (Å²) in [6.45, 7) is 5.20. The van der Waals surface area contributed by atoms with Crippen LogP contribution < -0.4 is 10.4 Å². The monoisotopic (exact) mass is 432 g/mol. The largest absolute Gasteiger partial charge is 0.369 e. The Bertz CT molecular complexity index is 884. The van der Waals surface area contributed by atoms with Crippen LogP contribution in [0.5, 0.6) is 0 Å². The highest BCUT2D eigenvalue weighted by molar-refractivity contribution is 5.61. The van der Waals surface area contributed by atoms with E-state index in [0.717, 1.165) is 16.9 Å². The Morgan fingerprint density at radius 3 is 1.97 bits per heavy atom. The van der Waals surface area contributed by atoms with Crippen LogP contribution in [0, 0.1) is 0 Å². The summed E-state index contributed by atoms with van der Waals surface area (Å²) in [4.78, 5) is 0. The van der Waals surface area contributed by atoms with Crippen molar-refractivity contribution in [2.75, 3.05) is 11.6 Å². The average Bonchev–Trinajstić information content (AvgIpc) is 2.84. The fraction of sp³-hybridized carbons (Fsp3) is 0.333. The Morgan fingerprint density at radius 1 is 0.844 bits per heavy atom. The van der Waals surface area contributed by atoms with Crippen molar-refractivity contribution in [3.05, 3.63) is 96.6 Å². The lowest BCUT2D eigenvalue weighted by Crippen LogP contribution is -2.58. The van der Waals surface area contributed by atoms with Crippen LogP contribution in [0.4, 0.5) is 11.4 Å². The van der Waals surface area contributed by atoms with Crippen LogP contribution in [0.3, 0.4) is 0 Å². The van der Waals surface area contributed by atoms with Gasteiger partial charge in [-0.25, -0.2) is 5.43 Å². The van der Waals surface area contributed by atoms with Gasteiger partial charge in [-0.05, 0) is 43.7 Å². The Balaban J connectivity index is 1.58. The zero-order valence-electron chi connectivity index (χ0n) is 18.8. The second-order valence-electron chi connectivity index (χ2n) is 7.97. The maximum absolute atomic E-state index is 6.42. The molecule has 3 aromatic carbocycles. The Hall–Kier alpha value is -2.70. The standard InChI is InChI=1S/C27H32N2O3/c1-3-30-26-19-25(27(21(2)32-26)31-20-22-13-7-4-8-14-22)28-29(23-15-9-5-10-16-23)24-17-11-6-12-18-24/h4-18,21,25-28H,3,19-20H2,1-2H3/t21-,25-,26+,27+/m0/s1. The SMILES string of the molecule is CCO[C@H]1C[C@H](NN(c2ccccc2)c2ccccc2)[C@H](OCc2ccccc2)[C@H](C)O1. The zero-order chi connectivity index (χ0) is 22.2. The third kappa shape index (κ3) is 5.75. The molecule has 1 heterocycles. The molecule has 0 spiro atoms. The molecular weight excluding hydrogens is 400 g/mol. The van der Waals surface area contributed by atoms with E-state index in [0.29, 0.717) is 19.6 Å². The van der Waals surface area contributed by atoms with Crippen LogP contribution in [0.15, 0.2) is 91.0 Å². The summed E-state index contributed by atoms with van der Waals surface area (Å²) in [7, 11) is 0. The number of nitrogens with zero attached hydrogens (tertiary/aromatic N) is 1. The van der Waals surface area contributed by atoms with Crippen molar-refractivity contribution >= 4 is 11.4 Å². The molecule has 0 saturated carbocycles. The van der Waals surface area contributed by atoms with Crippen molar-refractivity contribution in [1.82, 2.24) is 5.43 Å². The van der Waals surface area contributed by atoms with Gasteiger partial charge in [0.05, 0.1) is 30.1 Å². The first-order valence-corrected chi connectivity index (χ1v) is 11.3. The zero-order valence-corrected chi connectivity index (χ0v) is 18.8. The van der Waals surface area contributed by atoms with Crippen molar-refractivity contribution in [2.24, 2.45) is 0 Å². The van der Waals surface area contributed by atoms with E-state index in [4.69, 9.17) is 14.2 Å². The highest BCUT2D eigenvalue weighted by atomic mass is 16.7. The number of ether oxygens (including phenoxy) is 3. The Kier molecular flexibility index (Phi) is 7.91. The molecule has 1 aliphatic rings. The molecule has 4 rings (SSSR count). The number of para-hydroxylation sites is 2. The van der Waals surface area contributed by atoms with Gasteiger partial charge in [-0.15, -0.1) is 0 Å². The van der Waals surface area contributed by atoms with Gasteiger partial charge in [-0.2, -0.15) is 0 Å². The fourth-order valence-corrected chi connectivity index (χ4v) is 4.10. The normalized spacial score (nSPS) is 23.1. The number of hydrazine groups is 1. The maximum atomic E-state index is 6.42. The van der Waals surface area contributed by atoms with Gasteiger partial charge in [0, 0.05) is 13.0 Å². The molecule has 168 valence electrons. The molecule has 32 heavy (non-hydrogen) atoms. The third-order valence-corrected chi connectivity index (χ3v) is 5.63. The molecule has 1 aliphatic heterocycles. The van der Waals surface area contributed by atoms with Crippen molar-refractivity contribution in [3.8, 4) is 0 Å². The van der Waals surface area contributed by atoms with E-state index in [-0.39, 0.29) is 24.5 Å². The van der Waals surface area contributed by atoms with Crippen LogP contribution in [-0.2, 0) is 20.8 Å². The van der Waals surface area contributed by atoms with E-state index in [1.54, 1.807) is 0 Å². The predicted molar refractivity (Wildman–Crippen MR) is 128 cm³/mol. The van der Waals surface area contributed by atoms with E-state index in [1.807, 2.05) is 61.5 Å². The number of hydrogen-bond acceptors (Lipinski definition) is 5. The van der Waals surface area contributed by atoms with E-state index >= 15 is 0 Å². The predicted octanol–water partition coefficient (Wildman–Crippen LogP) is 5.45. The summed E-state index contributed by atoms with van der Waals surface area (Å²) in [6, 6.07) is 30.9. The lowest BCUT2D eigenvalue weighted by molar-refractivity contribution is -0.234. The summed E-state index contributed by atoms with van der Waals surface area (Å²) in [5, 5.41) is 2.13. The van der Waals surface area contributed by atoms with Crippen molar-refractivity contribution < 1.29 is 14.2 Å². The molecule has 0 unspecified atom stereocenters. The van der Waals surface area contributed by atoms with Crippen molar-refractivity contribution in [3.63, 3.8) is 0 Å². The van der Waals surface area contributed by atoms with Crippen molar-refractivity contribution in [2.45, 2.75) is 51.4 Å². The molecule has 0 amide bonds. The quantitative estimate of drug-likeness (QED) is 0.455. The average molecular weight is 433 g/mol. The lowest BCUT2D eigenvalue weighted by Gasteiger charge is -2.43. The van der Waals surface area contributed by atoms with E-state index in [2.05, 4.69) is 53.8 Å². The van der Waals surface area contributed by atoms with Crippen LogP contribution in [0.1, 0.15) is 25.8 Å². The number of hydrogen-bond donors (Lipinski definition) is 1. The van der Waals surface area contributed by atoms with Gasteiger partial charge in [-0.1, -0.05) is 66.7 Å². The second-order valence-corrected chi connectivity index (χ2v) is 7.97. The molecule has 5 heteroatoms. The smallest absolute Gasteiger partial charge is 0.159 e. The first-order chi connectivity index (χ1) is 15.7. The van der Waals surface area contributed by atoms with Gasteiger partial charge >= 0.3 is 0 Å². The van der Waals surface area contributed by atoms with Gasteiger partial charge in [-0.3, -0.25) is 5.01 Å². The van der Waals surface area contributed by atoms with Crippen LogP contribution in [0.2, 0.25) is 0 Å². The minimum atomic E-state index is -0.266. The molecular formula is C27H32N2O3. The molecule has 0 radical (unpaired) electrons. The van der Waals surface area contributed by atoms with Crippen LogP contribution in [-0.4, -0.2) is 31.1 Å². The van der Waals surface area contributed by atoms with E-state index < -0.39 is 0 Å². The molecule has 1 N–H and O–H groups in total. The van der Waals surface area contributed by atoms with Gasteiger partial charge < -0.3 is 14.2 Å². The minimum Gasteiger partial charge on any atom is -0.369 e. The summed E-state index contributed by atoms with van der Waals surface area (Å²) in [5.74, 6) is 0. The van der Waals surface area contributed by atoms with Crippen LogP contribution in [0.25, 0.3) is 0 Å². The molecule has 5 nitrogen and oxygen atoms in total. The van der Waals surface area contributed by atoms with Gasteiger partial charge in [0.1, 0.15) is 6.10 Å². The number of anilines is 2. The first kappa shape index (κ1) is 22.5. The maximum Gasteiger partial charge on any atom is 0.159 e. The number of rotatable bonds is 9. The first-order valence-electron chi connectivity index (χ1n) is 11.3. The molecule has 4 atom stereocenters. The summed E-state index contributed by atoms with van der Waals surface area (Å²) < 4.78 is 18.4.